The molecule has 0 bridgehead atoms. The predicted octanol–water partition coefficient (Wildman–Crippen LogP) is 2.18. The number of ether oxygens (including phenoxy) is 5. The molecule has 0 saturated carbocycles. The van der Waals surface area contributed by atoms with E-state index in [1.807, 2.05) is 44.2 Å². The van der Waals surface area contributed by atoms with Crippen LogP contribution in [0.2, 0.25) is 0 Å². The van der Waals surface area contributed by atoms with E-state index in [0.29, 0.717) is 6.61 Å². The third kappa shape index (κ3) is 3.84. The van der Waals surface area contributed by atoms with Crippen LogP contribution in [0, 0.1) is 0 Å². The van der Waals surface area contributed by atoms with Gasteiger partial charge >= 0.3 is 5.97 Å². The highest BCUT2D eigenvalue weighted by molar-refractivity contribution is 5.81. The summed E-state index contributed by atoms with van der Waals surface area (Å²) in [5.74, 6) is -1.23. The van der Waals surface area contributed by atoms with Crippen LogP contribution < -0.4 is 0 Å². The summed E-state index contributed by atoms with van der Waals surface area (Å²) in [6.45, 7) is 7.51. The molecule has 0 aromatic heterocycles. The van der Waals surface area contributed by atoms with E-state index in [1.54, 1.807) is 0 Å². The van der Waals surface area contributed by atoms with E-state index >= 15 is 0 Å². The van der Waals surface area contributed by atoms with E-state index in [9.17, 15) is 4.79 Å². The second-order valence-corrected chi connectivity index (χ2v) is 6.24. The summed E-state index contributed by atoms with van der Waals surface area (Å²) in [5, 5.41) is 0. The smallest absolute Gasteiger partial charge is 0.330 e. The first kappa shape index (κ1) is 17.1. The molecule has 6 nitrogen and oxygen atoms in total. The lowest BCUT2D eigenvalue weighted by molar-refractivity contribution is -0.224. The average Bonchev–Trinajstić information content (AvgIpc) is 3.03. The van der Waals surface area contributed by atoms with Crippen molar-refractivity contribution < 1.29 is 28.5 Å². The van der Waals surface area contributed by atoms with Crippen molar-refractivity contribution in [1.29, 1.82) is 0 Å². The Bertz CT molecular complexity index is 584. The molecule has 130 valence electrons. The van der Waals surface area contributed by atoms with E-state index in [0.717, 1.165) is 11.6 Å². The number of fused-ring (bicyclic) bond motifs is 1. The summed E-state index contributed by atoms with van der Waals surface area (Å²) in [6.07, 6.45) is -0.631. The Morgan fingerprint density at radius 2 is 2.04 bits per heavy atom. The van der Waals surface area contributed by atoms with Crippen molar-refractivity contribution in [3.63, 3.8) is 0 Å². The topological polar surface area (TPSA) is 63.2 Å². The molecule has 2 heterocycles. The summed E-state index contributed by atoms with van der Waals surface area (Å²) in [4.78, 5) is 11.3. The van der Waals surface area contributed by atoms with Crippen LogP contribution in [0.15, 0.2) is 43.0 Å². The molecular weight excluding hydrogens is 312 g/mol. The molecule has 2 saturated heterocycles. The quantitative estimate of drug-likeness (QED) is 0.587. The highest BCUT2D eigenvalue weighted by Gasteiger charge is 2.55. The first-order valence-corrected chi connectivity index (χ1v) is 7.94. The summed E-state index contributed by atoms with van der Waals surface area (Å²) < 4.78 is 28.6. The molecule has 24 heavy (non-hydrogen) atoms. The van der Waals surface area contributed by atoms with Crippen molar-refractivity contribution in [2.24, 2.45) is 0 Å². The molecule has 0 unspecified atom stereocenters. The van der Waals surface area contributed by atoms with E-state index in [4.69, 9.17) is 23.7 Å². The lowest BCUT2D eigenvalue weighted by atomic mass is 10.1. The molecule has 2 aliphatic heterocycles. The summed E-state index contributed by atoms with van der Waals surface area (Å²) in [5.41, 5.74) is 1.04. The number of benzene rings is 1. The number of esters is 1. The molecule has 3 rings (SSSR count). The van der Waals surface area contributed by atoms with Crippen LogP contribution in [0.5, 0.6) is 0 Å². The molecule has 1 aromatic rings. The first-order chi connectivity index (χ1) is 11.5. The Kier molecular flexibility index (Phi) is 5.01. The number of rotatable bonds is 6. The van der Waals surface area contributed by atoms with E-state index < -0.39 is 30.3 Å². The molecule has 4 atom stereocenters. The SMILES string of the molecule is C=CC(=O)OC[C@H]1O[C@@H]2OC(C)(C)O[C@@H]2[C@H]1OCc1ccccc1. The lowest BCUT2D eigenvalue weighted by Gasteiger charge is -2.25. The second-order valence-electron chi connectivity index (χ2n) is 6.24. The maximum atomic E-state index is 11.3. The molecular formula is C18H22O6. The average molecular weight is 334 g/mol. The Morgan fingerprint density at radius 1 is 1.29 bits per heavy atom. The monoisotopic (exact) mass is 334 g/mol. The molecule has 0 radical (unpaired) electrons. The van der Waals surface area contributed by atoms with Gasteiger partial charge in [0.05, 0.1) is 6.61 Å². The molecule has 0 amide bonds. The van der Waals surface area contributed by atoms with Gasteiger partial charge in [-0.15, -0.1) is 0 Å². The highest BCUT2D eigenvalue weighted by Crippen LogP contribution is 2.39. The van der Waals surface area contributed by atoms with Gasteiger partial charge in [0.25, 0.3) is 0 Å². The number of carbonyl (C=O) groups is 1. The minimum Gasteiger partial charge on any atom is -0.460 e. The molecule has 1 aromatic carbocycles. The fourth-order valence-electron chi connectivity index (χ4n) is 2.87. The van der Waals surface area contributed by atoms with Crippen LogP contribution >= 0.6 is 0 Å². The molecule has 0 spiro atoms. The van der Waals surface area contributed by atoms with Gasteiger partial charge in [-0.2, -0.15) is 0 Å². The number of hydrogen-bond acceptors (Lipinski definition) is 6. The Labute approximate surface area is 141 Å². The van der Waals surface area contributed by atoms with Gasteiger partial charge in [-0.25, -0.2) is 4.79 Å². The first-order valence-electron chi connectivity index (χ1n) is 7.94. The molecule has 0 aliphatic carbocycles. The van der Waals surface area contributed by atoms with Gasteiger partial charge in [0.2, 0.25) is 0 Å². The van der Waals surface area contributed by atoms with Crippen LogP contribution in [-0.2, 0) is 35.1 Å². The maximum Gasteiger partial charge on any atom is 0.330 e. The molecule has 6 heteroatoms. The summed E-state index contributed by atoms with van der Waals surface area (Å²) in [7, 11) is 0. The van der Waals surface area contributed by atoms with Crippen LogP contribution in [-0.4, -0.2) is 43.0 Å². The fraction of sp³-hybridized carbons (Fsp3) is 0.500. The molecule has 2 fully saturated rings. The predicted molar refractivity (Wildman–Crippen MR) is 84.9 cm³/mol. The number of hydrogen-bond donors (Lipinski definition) is 0. The van der Waals surface area contributed by atoms with Crippen molar-refractivity contribution in [2.45, 2.75) is 50.8 Å². The largest absolute Gasteiger partial charge is 0.460 e. The highest BCUT2D eigenvalue weighted by atomic mass is 16.8. The van der Waals surface area contributed by atoms with E-state index in [-0.39, 0.29) is 12.7 Å². The van der Waals surface area contributed by atoms with Crippen LogP contribution in [0.1, 0.15) is 19.4 Å². The van der Waals surface area contributed by atoms with Crippen molar-refractivity contribution in [2.75, 3.05) is 6.61 Å². The maximum absolute atomic E-state index is 11.3. The Balaban J connectivity index is 1.66. The minimum atomic E-state index is -0.730. The zero-order chi connectivity index (χ0) is 17.2. The van der Waals surface area contributed by atoms with E-state index in [2.05, 4.69) is 6.58 Å². The van der Waals surface area contributed by atoms with Gasteiger partial charge in [0.1, 0.15) is 24.9 Å². The Hall–Kier alpha value is -1.73. The van der Waals surface area contributed by atoms with Crippen LogP contribution in [0.3, 0.4) is 0 Å². The van der Waals surface area contributed by atoms with Gasteiger partial charge in [-0.05, 0) is 19.4 Å². The second kappa shape index (κ2) is 7.03. The van der Waals surface area contributed by atoms with Crippen molar-refractivity contribution in [1.82, 2.24) is 0 Å². The third-order valence-corrected chi connectivity index (χ3v) is 3.93. The zero-order valence-corrected chi connectivity index (χ0v) is 13.8. The summed E-state index contributed by atoms with van der Waals surface area (Å²) in [6, 6.07) is 9.82. The van der Waals surface area contributed by atoms with Crippen molar-refractivity contribution in [3.05, 3.63) is 48.6 Å². The van der Waals surface area contributed by atoms with Gasteiger partial charge in [-0.3, -0.25) is 0 Å². The van der Waals surface area contributed by atoms with Crippen LogP contribution in [0.4, 0.5) is 0 Å². The van der Waals surface area contributed by atoms with Gasteiger partial charge in [0, 0.05) is 6.08 Å². The van der Waals surface area contributed by atoms with Gasteiger partial charge in [0.15, 0.2) is 12.1 Å². The normalized spacial score (nSPS) is 30.8. The zero-order valence-electron chi connectivity index (χ0n) is 13.8. The third-order valence-electron chi connectivity index (χ3n) is 3.93. The fourth-order valence-corrected chi connectivity index (χ4v) is 2.87. The molecule has 0 N–H and O–H groups in total. The van der Waals surface area contributed by atoms with Crippen molar-refractivity contribution >= 4 is 5.97 Å². The van der Waals surface area contributed by atoms with Gasteiger partial charge < -0.3 is 23.7 Å². The standard InChI is InChI=1S/C18H22O6/c1-4-14(19)20-11-13-15(21-10-12-8-6-5-7-9-12)16-17(22-13)24-18(2,3)23-16/h4-9,13,15-17H,1,10-11H2,2-3H3/t13-,15+,16-,17-/m1/s1. The van der Waals surface area contributed by atoms with Gasteiger partial charge in [-0.1, -0.05) is 36.9 Å². The summed E-state index contributed by atoms with van der Waals surface area (Å²) >= 11 is 0. The van der Waals surface area contributed by atoms with Crippen LogP contribution in [0.25, 0.3) is 0 Å². The lowest BCUT2D eigenvalue weighted by Crippen LogP contribution is -2.39. The Morgan fingerprint density at radius 3 is 2.75 bits per heavy atom. The minimum absolute atomic E-state index is 0.0600. The number of carbonyl (C=O) groups excluding carboxylic acids is 1. The molecule has 2 aliphatic rings. The van der Waals surface area contributed by atoms with Crippen molar-refractivity contribution in [3.8, 4) is 0 Å². The van der Waals surface area contributed by atoms with E-state index in [1.165, 1.54) is 0 Å².